The van der Waals surface area contributed by atoms with Crippen molar-refractivity contribution in [3.63, 3.8) is 0 Å². The standard InChI is InChI=1S/C22H20BrN5O3/c1-13-20(21(29)24-16-10-8-15(23)9-11-16)26-27-28(13)12-18-14(2)31-22(25-18)17-6-4-5-7-19(17)30-3/h4-11H,12H2,1-3H3,(H,24,29). The Hall–Kier alpha value is -3.46. The first-order valence-electron chi connectivity index (χ1n) is 9.53. The topological polar surface area (TPSA) is 95.1 Å². The van der Waals surface area contributed by atoms with E-state index in [1.807, 2.05) is 43.3 Å². The summed E-state index contributed by atoms with van der Waals surface area (Å²) < 4.78 is 13.8. The number of carbonyl (C=O) groups is 1. The second kappa shape index (κ2) is 8.73. The third-order valence-corrected chi connectivity index (χ3v) is 5.36. The number of aryl methyl sites for hydroxylation is 1. The molecule has 0 radical (unpaired) electrons. The second-order valence-corrected chi connectivity index (χ2v) is 7.78. The molecule has 0 aliphatic carbocycles. The number of carbonyl (C=O) groups excluding carboxylic acids is 1. The van der Waals surface area contributed by atoms with Crippen LogP contribution in [0.4, 0.5) is 5.69 Å². The summed E-state index contributed by atoms with van der Waals surface area (Å²) in [6, 6.07) is 14.8. The number of benzene rings is 2. The lowest BCUT2D eigenvalue weighted by Crippen LogP contribution is -2.14. The minimum atomic E-state index is -0.322. The molecule has 158 valence electrons. The predicted octanol–water partition coefficient (Wildman–Crippen LogP) is 4.62. The van der Waals surface area contributed by atoms with E-state index in [9.17, 15) is 4.79 Å². The van der Waals surface area contributed by atoms with E-state index in [4.69, 9.17) is 9.15 Å². The molecule has 0 unspecified atom stereocenters. The van der Waals surface area contributed by atoms with E-state index in [1.54, 1.807) is 30.8 Å². The first-order valence-corrected chi connectivity index (χ1v) is 10.3. The van der Waals surface area contributed by atoms with Crippen LogP contribution in [0.25, 0.3) is 11.5 Å². The highest BCUT2D eigenvalue weighted by atomic mass is 79.9. The number of nitrogens with one attached hydrogen (secondary N) is 1. The maximum absolute atomic E-state index is 12.6. The number of para-hydroxylation sites is 1. The minimum Gasteiger partial charge on any atom is -0.496 e. The minimum absolute atomic E-state index is 0.258. The van der Waals surface area contributed by atoms with E-state index in [0.717, 1.165) is 10.0 Å². The normalized spacial score (nSPS) is 10.8. The van der Waals surface area contributed by atoms with Gasteiger partial charge in [-0.05, 0) is 50.2 Å². The number of amides is 1. The van der Waals surface area contributed by atoms with Gasteiger partial charge in [0.1, 0.15) is 17.2 Å². The molecular formula is C22H20BrN5O3. The van der Waals surface area contributed by atoms with Gasteiger partial charge in [-0.25, -0.2) is 9.67 Å². The number of rotatable bonds is 6. The summed E-state index contributed by atoms with van der Waals surface area (Å²) in [4.78, 5) is 17.2. The van der Waals surface area contributed by atoms with E-state index < -0.39 is 0 Å². The number of anilines is 1. The Kier molecular flexibility index (Phi) is 5.85. The Labute approximate surface area is 187 Å². The second-order valence-electron chi connectivity index (χ2n) is 6.86. The van der Waals surface area contributed by atoms with Crippen molar-refractivity contribution in [1.82, 2.24) is 20.0 Å². The third-order valence-electron chi connectivity index (χ3n) is 4.83. The average Bonchev–Trinajstić information content (AvgIpc) is 3.32. The lowest BCUT2D eigenvalue weighted by molar-refractivity contribution is 0.102. The molecule has 0 atom stereocenters. The van der Waals surface area contributed by atoms with Crippen molar-refractivity contribution >= 4 is 27.5 Å². The molecule has 0 spiro atoms. The van der Waals surface area contributed by atoms with E-state index in [1.165, 1.54) is 0 Å². The van der Waals surface area contributed by atoms with Gasteiger partial charge in [0.05, 0.1) is 24.9 Å². The predicted molar refractivity (Wildman–Crippen MR) is 119 cm³/mol. The van der Waals surface area contributed by atoms with Crippen LogP contribution in [-0.2, 0) is 6.54 Å². The summed E-state index contributed by atoms with van der Waals surface area (Å²) in [5, 5.41) is 11.0. The fourth-order valence-electron chi connectivity index (χ4n) is 3.10. The molecule has 0 aliphatic heterocycles. The molecule has 1 N–H and O–H groups in total. The Morgan fingerprint density at radius 2 is 1.90 bits per heavy atom. The number of hydrogen-bond acceptors (Lipinski definition) is 6. The summed E-state index contributed by atoms with van der Waals surface area (Å²) in [5.41, 5.74) is 3.04. The van der Waals surface area contributed by atoms with Crippen LogP contribution in [0.15, 0.2) is 57.4 Å². The zero-order valence-corrected chi connectivity index (χ0v) is 18.8. The van der Waals surface area contributed by atoms with E-state index in [2.05, 4.69) is 36.5 Å². The molecule has 4 aromatic rings. The maximum atomic E-state index is 12.6. The largest absolute Gasteiger partial charge is 0.496 e. The first kappa shape index (κ1) is 20.8. The smallest absolute Gasteiger partial charge is 0.278 e. The van der Waals surface area contributed by atoms with Crippen LogP contribution in [0.5, 0.6) is 5.75 Å². The molecular weight excluding hydrogens is 462 g/mol. The van der Waals surface area contributed by atoms with Gasteiger partial charge in [-0.2, -0.15) is 0 Å². The SMILES string of the molecule is COc1ccccc1-c1nc(Cn2nnc(C(=O)Nc3ccc(Br)cc3)c2C)c(C)o1. The van der Waals surface area contributed by atoms with E-state index >= 15 is 0 Å². The van der Waals surface area contributed by atoms with Crippen LogP contribution in [0.3, 0.4) is 0 Å². The Morgan fingerprint density at radius 1 is 1.16 bits per heavy atom. The van der Waals surface area contributed by atoms with Crippen molar-refractivity contribution in [2.24, 2.45) is 0 Å². The van der Waals surface area contributed by atoms with Crippen LogP contribution in [0, 0.1) is 13.8 Å². The molecule has 2 aromatic heterocycles. The highest BCUT2D eigenvalue weighted by Gasteiger charge is 2.20. The van der Waals surface area contributed by atoms with E-state index in [-0.39, 0.29) is 11.6 Å². The number of hydrogen-bond donors (Lipinski definition) is 1. The summed E-state index contributed by atoms with van der Waals surface area (Å²) in [7, 11) is 1.61. The molecule has 0 aliphatic rings. The monoisotopic (exact) mass is 481 g/mol. The van der Waals surface area contributed by atoms with Gasteiger partial charge in [0.15, 0.2) is 5.69 Å². The lowest BCUT2D eigenvalue weighted by Gasteiger charge is -2.05. The van der Waals surface area contributed by atoms with Crippen LogP contribution < -0.4 is 10.1 Å². The number of nitrogens with zero attached hydrogens (tertiary/aromatic N) is 4. The summed E-state index contributed by atoms with van der Waals surface area (Å²) >= 11 is 3.37. The van der Waals surface area contributed by atoms with Crippen molar-refractivity contribution in [2.45, 2.75) is 20.4 Å². The fraction of sp³-hybridized carbons (Fsp3) is 0.182. The number of oxazole rings is 1. The number of ether oxygens (including phenoxy) is 1. The molecule has 2 heterocycles. The van der Waals surface area contributed by atoms with Crippen LogP contribution in [0.2, 0.25) is 0 Å². The van der Waals surface area contributed by atoms with Gasteiger partial charge in [0.2, 0.25) is 5.89 Å². The zero-order chi connectivity index (χ0) is 22.0. The Balaban J connectivity index is 1.54. The van der Waals surface area contributed by atoms with Gasteiger partial charge in [-0.15, -0.1) is 5.10 Å². The van der Waals surface area contributed by atoms with Gasteiger partial charge >= 0.3 is 0 Å². The van der Waals surface area contributed by atoms with Gasteiger partial charge in [-0.3, -0.25) is 4.79 Å². The molecule has 0 saturated carbocycles. The van der Waals surface area contributed by atoms with Gasteiger partial charge in [-0.1, -0.05) is 33.3 Å². The number of aromatic nitrogens is 4. The summed E-state index contributed by atoms with van der Waals surface area (Å²) in [6.45, 7) is 3.97. The van der Waals surface area contributed by atoms with Crippen molar-refractivity contribution in [3.05, 3.63) is 75.8 Å². The van der Waals surface area contributed by atoms with Crippen molar-refractivity contribution in [1.29, 1.82) is 0 Å². The number of halogens is 1. The summed E-state index contributed by atoms with van der Waals surface area (Å²) in [6.07, 6.45) is 0. The molecule has 2 aromatic carbocycles. The quantitative estimate of drug-likeness (QED) is 0.431. The Morgan fingerprint density at radius 3 is 2.65 bits per heavy atom. The van der Waals surface area contributed by atoms with Crippen LogP contribution in [-0.4, -0.2) is 33.0 Å². The third kappa shape index (κ3) is 4.36. The van der Waals surface area contributed by atoms with Gasteiger partial charge in [0, 0.05) is 10.2 Å². The molecule has 4 rings (SSSR count). The maximum Gasteiger partial charge on any atom is 0.278 e. The van der Waals surface area contributed by atoms with Gasteiger partial charge < -0.3 is 14.5 Å². The molecule has 0 fully saturated rings. The zero-order valence-electron chi connectivity index (χ0n) is 17.2. The molecule has 31 heavy (non-hydrogen) atoms. The van der Waals surface area contributed by atoms with Crippen LogP contribution >= 0.6 is 15.9 Å². The average molecular weight is 482 g/mol. The Bertz CT molecular complexity index is 1230. The lowest BCUT2D eigenvalue weighted by atomic mass is 10.2. The van der Waals surface area contributed by atoms with Crippen molar-refractivity contribution in [3.8, 4) is 17.2 Å². The fourth-order valence-corrected chi connectivity index (χ4v) is 3.36. The molecule has 1 amide bonds. The highest BCUT2D eigenvalue weighted by molar-refractivity contribution is 9.10. The molecule has 0 saturated heterocycles. The highest BCUT2D eigenvalue weighted by Crippen LogP contribution is 2.30. The van der Waals surface area contributed by atoms with Gasteiger partial charge in [0.25, 0.3) is 5.91 Å². The first-order chi connectivity index (χ1) is 15.0. The number of methoxy groups -OCH3 is 1. The van der Waals surface area contributed by atoms with E-state index in [0.29, 0.717) is 41.0 Å². The summed E-state index contributed by atoms with van der Waals surface area (Å²) in [5.74, 6) is 1.49. The molecule has 9 heteroatoms. The van der Waals surface area contributed by atoms with Crippen molar-refractivity contribution < 1.29 is 13.9 Å². The molecule has 0 bridgehead atoms. The molecule has 8 nitrogen and oxygen atoms in total. The van der Waals surface area contributed by atoms with Crippen LogP contribution in [0.1, 0.15) is 27.6 Å². The van der Waals surface area contributed by atoms with Crippen molar-refractivity contribution in [2.75, 3.05) is 12.4 Å².